The van der Waals surface area contributed by atoms with Gasteiger partial charge < -0.3 is 0 Å². The van der Waals surface area contributed by atoms with Crippen LogP contribution in [0.4, 0.5) is 0 Å². The Morgan fingerprint density at radius 2 is 1.64 bits per heavy atom. The van der Waals surface area contributed by atoms with E-state index in [1.165, 1.54) is 44.9 Å². The van der Waals surface area contributed by atoms with E-state index in [-0.39, 0.29) is 0 Å². The summed E-state index contributed by atoms with van der Waals surface area (Å²) in [6.07, 6.45) is 9.72. The van der Waals surface area contributed by atoms with Crippen LogP contribution in [-0.4, -0.2) is 4.57 Å². The van der Waals surface area contributed by atoms with E-state index in [9.17, 15) is 0 Å². The molecule has 11 heavy (non-hydrogen) atoms. The molecule has 0 fully saturated rings. The first-order chi connectivity index (χ1) is 5.27. The Labute approximate surface area is 81.9 Å². The smallest absolute Gasteiger partial charge is 0.0288 e. The fourth-order valence-electron chi connectivity index (χ4n) is 1.12. The summed E-state index contributed by atoms with van der Waals surface area (Å²) in [5.74, 6) is 0. The molecule has 2 unspecified atom stereocenters. The molecule has 0 nitrogen and oxygen atoms in total. The first-order valence-electron chi connectivity index (χ1n) is 4.67. The van der Waals surface area contributed by atoms with Crippen molar-refractivity contribution in [1.82, 2.24) is 0 Å². The minimum Gasteiger partial charge on any atom is -0.123 e. The average Bonchev–Trinajstić information content (AvgIpc) is 1.96. The van der Waals surface area contributed by atoms with Crippen molar-refractivity contribution in [1.29, 1.82) is 0 Å². The van der Waals surface area contributed by atoms with Gasteiger partial charge in [-0.2, -0.15) is 0 Å². The highest BCUT2D eigenvalue weighted by Gasteiger charge is 1.94. The highest BCUT2D eigenvalue weighted by molar-refractivity contribution is 9.10. The van der Waals surface area contributed by atoms with Crippen molar-refractivity contribution in [2.75, 3.05) is 0 Å². The molecule has 0 N–H and O–H groups in total. The molecule has 0 heterocycles. The molecule has 0 aromatic heterocycles. The minimum absolute atomic E-state index is 0.633. The van der Waals surface area contributed by atoms with Gasteiger partial charge in [-0.15, -0.1) is 9.24 Å². The predicted octanol–water partition coefficient (Wildman–Crippen LogP) is 4.33. The number of unbranched alkanes of at least 4 members (excludes halogenated alkanes) is 5. The molecule has 0 saturated carbocycles. The first kappa shape index (κ1) is 11.9. The van der Waals surface area contributed by atoms with Crippen LogP contribution in [0.5, 0.6) is 0 Å². The molecule has 0 bridgehead atoms. The lowest BCUT2D eigenvalue weighted by Crippen LogP contribution is -1.85. The summed E-state index contributed by atoms with van der Waals surface area (Å²) < 4.78 is 0.633. The monoisotopic (exact) mass is 238 g/mol. The third-order valence-corrected chi connectivity index (χ3v) is 2.62. The van der Waals surface area contributed by atoms with Gasteiger partial charge in [0.1, 0.15) is 0 Å². The Morgan fingerprint density at radius 1 is 1.09 bits per heavy atom. The zero-order valence-electron chi connectivity index (χ0n) is 7.48. The van der Waals surface area contributed by atoms with Crippen molar-refractivity contribution in [3.8, 4) is 0 Å². The maximum Gasteiger partial charge on any atom is 0.0288 e. The van der Waals surface area contributed by atoms with Crippen LogP contribution < -0.4 is 0 Å². The molecule has 68 valence electrons. The van der Waals surface area contributed by atoms with Crippen LogP contribution in [0.2, 0.25) is 0 Å². The fraction of sp³-hybridized carbons (Fsp3) is 1.00. The molecule has 2 atom stereocenters. The summed E-state index contributed by atoms with van der Waals surface area (Å²) in [4.78, 5) is 0. The van der Waals surface area contributed by atoms with Gasteiger partial charge in [0.15, 0.2) is 0 Å². The molecule has 0 spiro atoms. The van der Waals surface area contributed by atoms with E-state index in [0.29, 0.717) is 4.57 Å². The standard InChI is InChI=1S/C9H20BrP/c1-2-3-4-5-6-7-8-9(10)11/h9H,2-8,11H2,1H3. The van der Waals surface area contributed by atoms with E-state index in [0.717, 1.165) is 0 Å². The zero-order chi connectivity index (χ0) is 8.53. The normalized spacial score (nSPS) is 13.4. The maximum atomic E-state index is 3.52. The highest BCUT2D eigenvalue weighted by atomic mass is 79.9. The molecule has 0 aromatic carbocycles. The lowest BCUT2D eigenvalue weighted by atomic mass is 10.1. The topological polar surface area (TPSA) is 0 Å². The van der Waals surface area contributed by atoms with Crippen molar-refractivity contribution < 1.29 is 0 Å². The van der Waals surface area contributed by atoms with Gasteiger partial charge in [-0.1, -0.05) is 61.4 Å². The summed E-state index contributed by atoms with van der Waals surface area (Å²) >= 11 is 3.52. The van der Waals surface area contributed by atoms with Gasteiger partial charge in [0.25, 0.3) is 0 Å². The summed E-state index contributed by atoms with van der Waals surface area (Å²) in [7, 11) is 2.78. The Kier molecular flexibility index (Phi) is 9.75. The first-order valence-corrected chi connectivity index (χ1v) is 6.25. The summed E-state index contributed by atoms with van der Waals surface area (Å²) in [6, 6.07) is 0. The van der Waals surface area contributed by atoms with Crippen molar-refractivity contribution in [3.05, 3.63) is 0 Å². The quantitative estimate of drug-likeness (QED) is 0.352. The Bertz CT molecular complexity index is 74.0. The summed E-state index contributed by atoms with van der Waals surface area (Å²) in [5.41, 5.74) is 0. The molecular weight excluding hydrogens is 219 g/mol. The van der Waals surface area contributed by atoms with Crippen molar-refractivity contribution >= 4 is 25.2 Å². The number of alkyl halides is 1. The van der Waals surface area contributed by atoms with Gasteiger partial charge in [-0.25, -0.2) is 0 Å². The third kappa shape index (κ3) is 10.9. The molecule has 0 aliphatic carbocycles. The van der Waals surface area contributed by atoms with Crippen LogP contribution in [0.1, 0.15) is 51.9 Å². The molecule has 2 heteroatoms. The second kappa shape index (κ2) is 9.00. The SMILES string of the molecule is CCCCCCCCC(P)Br. The second-order valence-electron chi connectivity index (χ2n) is 3.07. The van der Waals surface area contributed by atoms with E-state index < -0.39 is 0 Å². The van der Waals surface area contributed by atoms with E-state index >= 15 is 0 Å². The lowest BCUT2D eigenvalue weighted by molar-refractivity contribution is 0.601. The van der Waals surface area contributed by atoms with Crippen molar-refractivity contribution in [2.45, 2.75) is 56.4 Å². The third-order valence-electron chi connectivity index (χ3n) is 1.83. The fourth-order valence-corrected chi connectivity index (χ4v) is 1.68. The molecule has 0 aromatic rings. The molecular formula is C9H20BrP. The van der Waals surface area contributed by atoms with Crippen LogP contribution >= 0.6 is 25.2 Å². The zero-order valence-corrected chi connectivity index (χ0v) is 10.2. The van der Waals surface area contributed by atoms with E-state index in [4.69, 9.17) is 0 Å². The van der Waals surface area contributed by atoms with Crippen LogP contribution in [0.15, 0.2) is 0 Å². The predicted molar refractivity (Wildman–Crippen MR) is 60.4 cm³/mol. The van der Waals surface area contributed by atoms with Gasteiger partial charge in [-0.05, 0) is 6.42 Å². The van der Waals surface area contributed by atoms with Gasteiger partial charge >= 0.3 is 0 Å². The molecule has 0 amide bonds. The van der Waals surface area contributed by atoms with Gasteiger partial charge in [-0.3, -0.25) is 0 Å². The minimum atomic E-state index is 0.633. The molecule has 0 rings (SSSR count). The van der Waals surface area contributed by atoms with Gasteiger partial charge in [0, 0.05) is 4.57 Å². The lowest BCUT2D eigenvalue weighted by Gasteiger charge is -2.01. The van der Waals surface area contributed by atoms with E-state index in [2.05, 4.69) is 32.1 Å². The largest absolute Gasteiger partial charge is 0.123 e. The number of rotatable bonds is 7. The Hall–Kier alpha value is 0.910. The summed E-state index contributed by atoms with van der Waals surface area (Å²) in [6.45, 7) is 2.26. The summed E-state index contributed by atoms with van der Waals surface area (Å²) in [5, 5.41) is 0. The van der Waals surface area contributed by atoms with Crippen LogP contribution in [-0.2, 0) is 0 Å². The average molecular weight is 239 g/mol. The van der Waals surface area contributed by atoms with Crippen molar-refractivity contribution in [2.24, 2.45) is 0 Å². The molecule has 0 aliphatic heterocycles. The second-order valence-corrected chi connectivity index (χ2v) is 6.03. The van der Waals surface area contributed by atoms with E-state index in [1.807, 2.05) is 0 Å². The van der Waals surface area contributed by atoms with Crippen LogP contribution in [0.25, 0.3) is 0 Å². The van der Waals surface area contributed by atoms with Crippen LogP contribution in [0, 0.1) is 0 Å². The van der Waals surface area contributed by atoms with Crippen molar-refractivity contribution in [3.63, 3.8) is 0 Å². The maximum absolute atomic E-state index is 3.52. The highest BCUT2D eigenvalue weighted by Crippen LogP contribution is 2.17. The number of hydrogen-bond acceptors (Lipinski definition) is 0. The van der Waals surface area contributed by atoms with Crippen LogP contribution in [0.3, 0.4) is 0 Å². The molecule has 0 aliphatic rings. The molecule has 0 saturated heterocycles. The van der Waals surface area contributed by atoms with Gasteiger partial charge in [0.2, 0.25) is 0 Å². The number of halogens is 1. The Balaban J connectivity index is 2.80. The van der Waals surface area contributed by atoms with Gasteiger partial charge in [0.05, 0.1) is 0 Å². The molecule has 0 radical (unpaired) electrons. The van der Waals surface area contributed by atoms with E-state index in [1.54, 1.807) is 0 Å². The Morgan fingerprint density at radius 3 is 2.18 bits per heavy atom. The number of hydrogen-bond donors (Lipinski definition) is 0.